The van der Waals surface area contributed by atoms with Crippen molar-refractivity contribution in [3.05, 3.63) is 23.0 Å². The van der Waals surface area contributed by atoms with Gasteiger partial charge in [-0.15, -0.1) is 0 Å². The van der Waals surface area contributed by atoms with E-state index >= 15 is 0 Å². The molecule has 0 spiro atoms. The molecular weight excluding hydrogens is 222 g/mol. The first kappa shape index (κ1) is 11.7. The van der Waals surface area contributed by atoms with Crippen LogP contribution in [0.25, 0.3) is 0 Å². The first-order valence-corrected chi connectivity index (χ1v) is 6.14. The van der Waals surface area contributed by atoms with Crippen molar-refractivity contribution in [1.82, 2.24) is 10.3 Å². The Bertz CT molecular complexity index is 367. The first-order valence-electron chi connectivity index (χ1n) is 5.76. The van der Waals surface area contributed by atoms with Crippen LogP contribution < -0.4 is 10.2 Å². The number of pyridine rings is 1. The fourth-order valence-corrected chi connectivity index (χ4v) is 2.58. The van der Waals surface area contributed by atoms with E-state index in [1.54, 1.807) is 0 Å². The van der Waals surface area contributed by atoms with Crippen LogP contribution in [0.15, 0.2) is 12.3 Å². The molecule has 88 valence electrons. The van der Waals surface area contributed by atoms with E-state index in [0.29, 0.717) is 6.04 Å². The molecule has 1 fully saturated rings. The van der Waals surface area contributed by atoms with Crippen LogP contribution >= 0.6 is 11.6 Å². The Labute approximate surface area is 102 Å². The molecule has 16 heavy (non-hydrogen) atoms. The molecule has 1 aliphatic rings. The van der Waals surface area contributed by atoms with Gasteiger partial charge in [0.25, 0.3) is 0 Å². The maximum Gasteiger partial charge on any atom is 0.0851 e. The van der Waals surface area contributed by atoms with E-state index in [2.05, 4.69) is 15.2 Å². The fraction of sp³-hybridized carbons (Fsp3) is 0.583. The number of likely N-dealkylation sites (N-methyl/N-ethyl adjacent to an activating group) is 1. The summed E-state index contributed by atoms with van der Waals surface area (Å²) in [6.07, 6.45) is 4.31. The molecule has 0 bridgehead atoms. The van der Waals surface area contributed by atoms with Gasteiger partial charge < -0.3 is 10.2 Å². The largest absolute Gasteiger partial charge is 0.366 e. The SMILES string of the molecule is CNCC1CCCN1c1ccnc(C)c1Cl. The Morgan fingerprint density at radius 3 is 3.19 bits per heavy atom. The molecule has 1 atom stereocenters. The minimum atomic E-state index is 0.560. The smallest absolute Gasteiger partial charge is 0.0851 e. The van der Waals surface area contributed by atoms with E-state index in [4.69, 9.17) is 11.6 Å². The molecule has 0 radical (unpaired) electrons. The zero-order valence-corrected chi connectivity index (χ0v) is 10.6. The third kappa shape index (κ3) is 2.15. The molecule has 0 aliphatic carbocycles. The lowest BCUT2D eigenvalue weighted by molar-refractivity contribution is 0.615. The van der Waals surface area contributed by atoms with Gasteiger partial charge in [-0.3, -0.25) is 4.98 Å². The molecule has 4 heteroatoms. The van der Waals surface area contributed by atoms with Crippen LogP contribution in [0.2, 0.25) is 5.02 Å². The van der Waals surface area contributed by atoms with E-state index in [-0.39, 0.29) is 0 Å². The Morgan fingerprint density at radius 1 is 1.62 bits per heavy atom. The van der Waals surface area contributed by atoms with Crippen molar-refractivity contribution in [2.45, 2.75) is 25.8 Å². The van der Waals surface area contributed by atoms with Gasteiger partial charge in [-0.2, -0.15) is 0 Å². The number of anilines is 1. The Balaban J connectivity index is 2.25. The number of halogens is 1. The predicted molar refractivity (Wildman–Crippen MR) is 68.3 cm³/mol. The highest BCUT2D eigenvalue weighted by Crippen LogP contribution is 2.32. The Hall–Kier alpha value is -0.800. The normalized spacial score (nSPS) is 20.4. The van der Waals surface area contributed by atoms with E-state index in [1.807, 2.05) is 26.2 Å². The van der Waals surface area contributed by atoms with Gasteiger partial charge in [0.05, 0.1) is 16.4 Å². The van der Waals surface area contributed by atoms with Crippen molar-refractivity contribution in [2.24, 2.45) is 0 Å². The van der Waals surface area contributed by atoms with Crippen molar-refractivity contribution in [2.75, 3.05) is 25.0 Å². The molecule has 1 saturated heterocycles. The standard InChI is InChI=1S/C12H18ClN3/c1-9-12(13)11(5-6-15-9)16-7-3-4-10(16)8-14-2/h5-6,10,14H,3-4,7-8H2,1-2H3. The molecular formula is C12H18ClN3. The number of rotatable bonds is 3. The van der Waals surface area contributed by atoms with Crippen LogP contribution in [0, 0.1) is 6.92 Å². The lowest BCUT2D eigenvalue weighted by atomic mass is 10.2. The highest BCUT2D eigenvalue weighted by Gasteiger charge is 2.25. The topological polar surface area (TPSA) is 28.2 Å². The monoisotopic (exact) mass is 239 g/mol. The van der Waals surface area contributed by atoms with Crippen molar-refractivity contribution in [1.29, 1.82) is 0 Å². The van der Waals surface area contributed by atoms with Crippen molar-refractivity contribution >= 4 is 17.3 Å². The predicted octanol–water partition coefficient (Wildman–Crippen LogP) is 2.23. The van der Waals surface area contributed by atoms with Crippen molar-refractivity contribution < 1.29 is 0 Å². The van der Waals surface area contributed by atoms with Gasteiger partial charge in [-0.25, -0.2) is 0 Å². The molecule has 2 rings (SSSR count). The maximum atomic E-state index is 6.31. The summed E-state index contributed by atoms with van der Waals surface area (Å²) in [5.74, 6) is 0. The molecule has 1 aromatic rings. The number of aryl methyl sites for hydroxylation is 1. The number of hydrogen-bond acceptors (Lipinski definition) is 3. The van der Waals surface area contributed by atoms with Crippen LogP contribution in [-0.2, 0) is 0 Å². The van der Waals surface area contributed by atoms with Crippen LogP contribution in [0.3, 0.4) is 0 Å². The van der Waals surface area contributed by atoms with Crippen LogP contribution in [0.4, 0.5) is 5.69 Å². The fourth-order valence-electron chi connectivity index (χ4n) is 2.36. The number of nitrogens with one attached hydrogen (secondary N) is 1. The van der Waals surface area contributed by atoms with E-state index < -0.39 is 0 Å². The Kier molecular flexibility index (Phi) is 3.66. The number of hydrogen-bond donors (Lipinski definition) is 1. The highest BCUT2D eigenvalue weighted by molar-refractivity contribution is 6.33. The van der Waals surface area contributed by atoms with Gasteiger partial charge in [-0.1, -0.05) is 11.6 Å². The third-order valence-electron chi connectivity index (χ3n) is 3.17. The van der Waals surface area contributed by atoms with Crippen molar-refractivity contribution in [3.8, 4) is 0 Å². The molecule has 0 amide bonds. The quantitative estimate of drug-likeness (QED) is 0.877. The molecule has 1 aromatic heterocycles. The minimum Gasteiger partial charge on any atom is -0.366 e. The zero-order chi connectivity index (χ0) is 11.5. The molecule has 2 heterocycles. The minimum absolute atomic E-state index is 0.560. The molecule has 0 saturated carbocycles. The van der Waals surface area contributed by atoms with E-state index in [1.165, 1.54) is 12.8 Å². The Morgan fingerprint density at radius 2 is 2.44 bits per heavy atom. The summed E-state index contributed by atoms with van der Waals surface area (Å²) >= 11 is 6.31. The zero-order valence-electron chi connectivity index (χ0n) is 9.83. The molecule has 1 aliphatic heterocycles. The summed E-state index contributed by atoms with van der Waals surface area (Å²) in [5, 5.41) is 4.04. The summed E-state index contributed by atoms with van der Waals surface area (Å²) in [6.45, 7) is 4.06. The second kappa shape index (κ2) is 5.02. The van der Waals surface area contributed by atoms with Gasteiger partial charge in [0, 0.05) is 25.3 Å². The summed E-state index contributed by atoms with van der Waals surface area (Å²) in [5.41, 5.74) is 2.04. The summed E-state index contributed by atoms with van der Waals surface area (Å²) < 4.78 is 0. The number of aromatic nitrogens is 1. The maximum absolute atomic E-state index is 6.31. The molecule has 0 aromatic carbocycles. The van der Waals surface area contributed by atoms with E-state index in [9.17, 15) is 0 Å². The summed E-state index contributed by atoms with van der Waals surface area (Å²) in [6, 6.07) is 2.58. The van der Waals surface area contributed by atoms with Crippen LogP contribution in [0.5, 0.6) is 0 Å². The van der Waals surface area contributed by atoms with E-state index in [0.717, 1.165) is 29.5 Å². The van der Waals surface area contributed by atoms with Gasteiger partial charge >= 0.3 is 0 Å². The lowest BCUT2D eigenvalue weighted by Gasteiger charge is -2.27. The van der Waals surface area contributed by atoms with Gasteiger partial charge in [0.1, 0.15) is 0 Å². The van der Waals surface area contributed by atoms with Gasteiger partial charge in [0.2, 0.25) is 0 Å². The first-order chi connectivity index (χ1) is 7.74. The van der Waals surface area contributed by atoms with Gasteiger partial charge in [0.15, 0.2) is 0 Å². The molecule has 3 nitrogen and oxygen atoms in total. The van der Waals surface area contributed by atoms with Gasteiger partial charge in [-0.05, 0) is 32.9 Å². The summed E-state index contributed by atoms with van der Waals surface area (Å²) in [7, 11) is 2.00. The lowest BCUT2D eigenvalue weighted by Crippen LogP contribution is -2.37. The second-order valence-corrected chi connectivity index (χ2v) is 4.65. The average Bonchev–Trinajstić information content (AvgIpc) is 2.71. The highest BCUT2D eigenvalue weighted by atomic mass is 35.5. The third-order valence-corrected chi connectivity index (χ3v) is 3.64. The van der Waals surface area contributed by atoms with Crippen LogP contribution in [0.1, 0.15) is 18.5 Å². The number of nitrogens with zero attached hydrogens (tertiary/aromatic N) is 2. The molecule has 1 unspecified atom stereocenters. The average molecular weight is 240 g/mol. The van der Waals surface area contributed by atoms with Crippen LogP contribution in [-0.4, -0.2) is 31.2 Å². The molecule has 1 N–H and O–H groups in total. The van der Waals surface area contributed by atoms with Crippen molar-refractivity contribution in [3.63, 3.8) is 0 Å². The second-order valence-electron chi connectivity index (χ2n) is 4.28. The summed E-state index contributed by atoms with van der Waals surface area (Å²) in [4.78, 5) is 6.60.